The maximum absolute atomic E-state index is 13.0. The fourth-order valence-corrected chi connectivity index (χ4v) is 4.41. The highest BCUT2D eigenvalue weighted by Gasteiger charge is 2.27. The maximum atomic E-state index is 13.0. The van der Waals surface area contributed by atoms with Gasteiger partial charge in [0, 0.05) is 25.4 Å². The van der Waals surface area contributed by atoms with E-state index in [1.165, 1.54) is 19.3 Å². The summed E-state index contributed by atoms with van der Waals surface area (Å²) >= 11 is 0. The number of benzene rings is 1. The van der Waals surface area contributed by atoms with Gasteiger partial charge in [-0.3, -0.25) is 19.2 Å². The van der Waals surface area contributed by atoms with Crippen molar-refractivity contribution >= 4 is 29.3 Å². The number of likely N-dealkylation sites (tertiary alicyclic amines) is 1. The Bertz CT molecular complexity index is 812. The number of carbonyl (C=O) groups is 4. The van der Waals surface area contributed by atoms with Crippen molar-refractivity contribution in [2.45, 2.75) is 51.4 Å². The van der Waals surface area contributed by atoms with Crippen molar-refractivity contribution in [2.24, 2.45) is 17.6 Å². The van der Waals surface area contributed by atoms with Crippen molar-refractivity contribution in [3.63, 3.8) is 0 Å². The first-order valence-electron chi connectivity index (χ1n) is 11.2. The molecule has 0 unspecified atom stereocenters. The largest absolute Gasteiger partial charge is 0.369 e. The number of para-hydroxylation sites is 1. The lowest BCUT2D eigenvalue weighted by atomic mass is 9.87. The molecule has 8 heteroatoms. The van der Waals surface area contributed by atoms with Crippen LogP contribution >= 0.6 is 0 Å². The third-order valence-corrected chi connectivity index (χ3v) is 6.26. The summed E-state index contributed by atoms with van der Waals surface area (Å²) in [5, 5.41) is 5.43. The first-order chi connectivity index (χ1) is 14.9. The molecule has 1 saturated carbocycles. The minimum absolute atomic E-state index is 0.108. The van der Waals surface area contributed by atoms with E-state index in [9.17, 15) is 19.2 Å². The van der Waals surface area contributed by atoms with Crippen LogP contribution in [0.1, 0.15) is 61.7 Å². The van der Waals surface area contributed by atoms with Gasteiger partial charge in [-0.2, -0.15) is 0 Å². The standard InChI is InChI=1S/C23H32N4O4/c24-22(30)17-10-12-27(13-11-17)23(31)18-8-4-5-9-19(18)26-21(29)15-25-20(28)14-16-6-2-1-3-7-16/h4-5,8-9,16-17H,1-3,6-7,10-15H2,(H2,24,30)(H,25,28)(H,26,29). The number of nitrogens with one attached hydrogen (secondary N) is 2. The highest BCUT2D eigenvalue weighted by Crippen LogP contribution is 2.26. The molecule has 1 heterocycles. The zero-order chi connectivity index (χ0) is 22.2. The van der Waals surface area contributed by atoms with Crippen LogP contribution in [0.3, 0.4) is 0 Å². The average Bonchev–Trinajstić information content (AvgIpc) is 2.78. The summed E-state index contributed by atoms with van der Waals surface area (Å²) in [4.78, 5) is 50.5. The summed E-state index contributed by atoms with van der Waals surface area (Å²) in [5.74, 6) is -0.788. The Morgan fingerprint density at radius 3 is 2.29 bits per heavy atom. The Balaban J connectivity index is 1.51. The summed E-state index contributed by atoms with van der Waals surface area (Å²) in [6.45, 7) is 0.774. The normalized spacial score (nSPS) is 17.7. The summed E-state index contributed by atoms with van der Waals surface area (Å²) in [6, 6.07) is 6.82. The predicted octanol–water partition coefficient (Wildman–Crippen LogP) is 2.05. The number of nitrogens with two attached hydrogens (primary N) is 1. The molecule has 0 bridgehead atoms. The zero-order valence-corrected chi connectivity index (χ0v) is 17.9. The van der Waals surface area contributed by atoms with E-state index in [0.717, 1.165) is 12.8 Å². The number of amides is 4. The van der Waals surface area contributed by atoms with Crippen molar-refractivity contribution in [1.82, 2.24) is 10.2 Å². The van der Waals surface area contributed by atoms with Crippen LogP contribution in [0.4, 0.5) is 5.69 Å². The summed E-state index contributed by atoms with van der Waals surface area (Å²) in [5.41, 5.74) is 6.16. The quantitative estimate of drug-likeness (QED) is 0.615. The van der Waals surface area contributed by atoms with Crippen molar-refractivity contribution in [2.75, 3.05) is 25.0 Å². The van der Waals surface area contributed by atoms with Crippen LogP contribution in [0.2, 0.25) is 0 Å². The molecular weight excluding hydrogens is 396 g/mol. The number of hydrogen-bond donors (Lipinski definition) is 3. The molecule has 4 N–H and O–H groups in total. The molecule has 0 radical (unpaired) electrons. The molecule has 1 aromatic carbocycles. The molecule has 1 aliphatic carbocycles. The molecule has 1 saturated heterocycles. The summed E-state index contributed by atoms with van der Waals surface area (Å²) in [7, 11) is 0. The number of rotatable bonds is 7. The first-order valence-corrected chi connectivity index (χ1v) is 11.2. The second-order valence-electron chi connectivity index (χ2n) is 8.55. The lowest BCUT2D eigenvalue weighted by molar-refractivity contribution is -0.125. The third-order valence-electron chi connectivity index (χ3n) is 6.26. The van der Waals surface area contributed by atoms with Gasteiger partial charge in [0.15, 0.2) is 0 Å². The highest BCUT2D eigenvalue weighted by atomic mass is 16.2. The van der Waals surface area contributed by atoms with Crippen LogP contribution in [0.25, 0.3) is 0 Å². The second kappa shape index (κ2) is 10.9. The molecule has 0 aromatic heterocycles. The molecule has 31 heavy (non-hydrogen) atoms. The average molecular weight is 429 g/mol. The molecule has 2 fully saturated rings. The van der Waals surface area contributed by atoms with Crippen molar-refractivity contribution in [3.05, 3.63) is 29.8 Å². The van der Waals surface area contributed by atoms with Crippen LogP contribution in [0.5, 0.6) is 0 Å². The van der Waals surface area contributed by atoms with Crippen LogP contribution < -0.4 is 16.4 Å². The van der Waals surface area contributed by atoms with Crippen LogP contribution in [-0.4, -0.2) is 48.2 Å². The Labute approximate surface area is 182 Å². The van der Waals surface area contributed by atoms with Crippen molar-refractivity contribution in [1.29, 1.82) is 0 Å². The first kappa shape index (κ1) is 22.8. The third kappa shape index (κ3) is 6.54. The fourth-order valence-electron chi connectivity index (χ4n) is 4.41. The summed E-state index contributed by atoms with van der Waals surface area (Å²) < 4.78 is 0. The lowest BCUT2D eigenvalue weighted by Gasteiger charge is -2.31. The van der Waals surface area contributed by atoms with Crippen LogP contribution in [-0.2, 0) is 14.4 Å². The number of hydrogen-bond acceptors (Lipinski definition) is 4. The van der Waals surface area contributed by atoms with Gasteiger partial charge in [0.2, 0.25) is 17.7 Å². The van der Waals surface area contributed by atoms with Gasteiger partial charge in [0.05, 0.1) is 17.8 Å². The molecular formula is C23H32N4O4. The van der Waals surface area contributed by atoms with Gasteiger partial charge in [0.25, 0.3) is 5.91 Å². The van der Waals surface area contributed by atoms with Crippen LogP contribution in [0.15, 0.2) is 24.3 Å². The van der Waals surface area contributed by atoms with E-state index in [4.69, 9.17) is 5.73 Å². The van der Waals surface area contributed by atoms with Gasteiger partial charge in [0.1, 0.15) is 0 Å². The van der Waals surface area contributed by atoms with Gasteiger partial charge in [-0.15, -0.1) is 0 Å². The van der Waals surface area contributed by atoms with Gasteiger partial charge < -0.3 is 21.3 Å². The zero-order valence-electron chi connectivity index (χ0n) is 17.9. The highest BCUT2D eigenvalue weighted by molar-refractivity contribution is 6.04. The minimum atomic E-state index is -0.371. The van der Waals surface area contributed by atoms with E-state index in [2.05, 4.69) is 10.6 Å². The van der Waals surface area contributed by atoms with Gasteiger partial charge in [-0.1, -0.05) is 31.4 Å². The van der Waals surface area contributed by atoms with E-state index >= 15 is 0 Å². The number of piperidine rings is 1. The Morgan fingerprint density at radius 1 is 0.935 bits per heavy atom. The molecule has 4 amide bonds. The Morgan fingerprint density at radius 2 is 1.61 bits per heavy atom. The van der Waals surface area contributed by atoms with E-state index in [1.54, 1.807) is 29.2 Å². The molecule has 2 aliphatic rings. The molecule has 1 aromatic rings. The minimum Gasteiger partial charge on any atom is -0.369 e. The van der Waals surface area contributed by atoms with E-state index in [-0.39, 0.29) is 36.1 Å². The lowest BCUT2D eigenvalue weighted by Crippen LogP contribution is -2.42. The number of anilines is 1. The molecule has 168 valence electrons. The maximum Gasteiger partial charge on any atom is 0.255 e. The van der Waals surface area contributed by atoms with Crippen molar-refractivity contribution < 1.29 is 19.2 Å². The molecule has 0 atom stereocenters. The Hall–Kier alpha value is -2.90. The molecule has 0 spiro atoms. The smallest absolute Gasteiger partial charge is 0.255 e. The van der Waals surface area contributed by atoms with Gasteiger partial charge >= 0.3 is 0 Å². The fraction of sp³-hybridized carbons (Fsp3) is 0.565. The number of primary amides is 1. The van der Waals surface area contributed by atoms with E-state index < -0.39 is 0 Å². The SMILES string of the molecule is NC(=O)C1CCN(C(=O)c2ccccc2NC(=O)CNC(=O)CC2CCCCC2)CC1. The van der Waals surface area contributed by atoms with Crippen molar-refractivity contribution in [3.8, 4) is 0 Å². The second-order valence-corrected chi connectivity index (χ2v) is 8.55. The van der Waals surface area contributed by atoms with E-state index in [0.29, 0.717) is 49.5 Å². The van der Waals surface area contributed by atoms with Crippen LogP contribution in [0, 0.1) is 11.8 Å². The monoisotopic (exact) mass is 428 g/mol. The number of carbonyl (C=O) groups excluding carboxylic acids is 4. The van der Waals surface area contributed by atoms with Gasteiger partial charge in [-0.25, -0.2) is 0 Å². The topological polar surface area (TPSA) is 122 Å². The van der Waals surface area contributed by atoms with Gasteiger partial charge in [-0.05, 0) is 43.7 Å². The summed E-state index contributed by atoms with van der Waals surface area (Å²) in [6.07, 6.45) is 7.28. The molecule has 3 rings (SSSR count). The predicted molar refractivity (Wildman–Crippen MR) is 117 cm³/mol. The molecule has 1 aliphatic heterocycles. The Kier molecular flexibility index (Phi) is 8.03. The number of nitrogens with zero attached hydrogens (tertiary/aromatic N) is 1. The van der Waals surface area contributed by atoms with E-state index in [1.807, 2.05) is 0 Å². The molecule has 8 nitrogen and oxygen atoms in total.